The van der Waals surface area contributed by atoms with Gasteiger partial charge in [0.2, 0.25) is 11.5 Å². The number of nitrogens with one attached hydrogen (secondary N) is 4. The summed E-state index contributed by atoms with van der Waals surface area (Å²) in [4.78, 5) is 42.1. The molecule has 4 aromatic carbocycles. The zero-order valence-electron chi connectivity index (χ0n) is 28.9. The number of fused-ring (bicyclic) bond motifs is 1. The number of anilines is 2. The number of aromatic amines is 1. The third-order valence-corrected chi connectivity index (χ3v) is 9.20. The number of hydrogen-bond donors (Lipinski definition) is 6. The van der Waals surface area contributed by atoms with Crippen molar-refractivity contribution in [3.05, 3.63) is 119 Å². The normalized spacial score (nSPS) is 14.1. The van der Waals surface area contributed by atoms with Crippen LogP contribution in [0.3, 0.4) is 0 Å². The molecule has 0 radical (unpaired) electrons. The molecule has 2 heterocycles. The van der Waals surface area contributed by atoms with Crippen molar-refractivity contribution in [2.75, 3.05) is 43.9 Å². The van der Waals surface area contributed by atoms with E-state index in [0.717, 1.165) is 29.8 Å². The maximum Gasteiger partial charge on any atom is 0.411 e. The number of likely N-dealkylation sites (tertiary alicyclic amines) is 1. The summed E-state index contributed by atoms with van der Waals surface area (Å²) in [7, 11) is 1.56. The van der Waals surface area contributed by atoms with Crippen molar-refractivity contribution in [3.8, 4) is 22.6 Å². The first-order valence-electron chi connectivity index (χ1n) is 17.3. The van der Waals surface area contributed by atoms with Gasteiger partial charge >= 0.3 is 6.09 Å². The summed E-state index contributed by atoms with van der Waals surface area (Å²) in [6, 6.07) is 29.0. The van der Waals surface area contributed by atoms with Gasteiger partial charge in [-0.1, -0.05) is 60.7 Å². The van der Waals surface area contributed by atoms with Crippen LogP contribution in [-0.2, 0) is 16.1 Å². The van der Waals surface area contributed by atoms with E-state index in [9.17, 15) is 24.6 Å². The molecule has 0 spiro atoms. The first kappa shape index (κ1) is 36.1. The van der Waals surface area contributed by atoms with Crippen LogP contribution in [0.4, 0.5) is 16.2 Å². The Balaban J connectivity index is 0.922. The lowest BCUT2D eigenvalue weighted by Gasteiger charge is -2.31. The predicted octanol–water partition coefficient (Wildman–Crippen LogP) is 5.77. The van der Waals surface area contributed by atoms with Crippen molar-refractivity contribution >= 4 is 34.3 Å². The Bertz CT molecular complexity index is 2060. The largest absolute Gasteiger partial charge is 0.506 e. The van der Waals surface area contributed by atoms with Crippen LogP contribution in [0.5, 0.6) is 11.5 Å². The molecule has 12 heteroatoms. The van der Waals surface area contributed by atoms with Crippen molar-refractivity contribution in [2.24, 2.45) is 0 Å². The lowest BCUT2D eigenvalue weighted by molar-refractivity contribution is -0.116. The minimum absolute atomic E-state index is 0.0658. The molecule has 0 aliphatic carbocycles. The van der Waals surface area contributed by atoms with Gasteiger partial charge in [0, 0.05) is 73.5 Å². The molecule has 1 aliphatic rings. The quantitative estimate of drug-likeness (QED) is 0.0892. The molecule has 52 heavy (non-hydrogen) atoms. The van der Waals surface area contributed by atoms with E-state index in [1.54, 1.807) is 25.3 Å². The number of phenolic OH excluding ortho intramolecular Hbond substituents is 1. The number of piperidine rings is 1. The molecule has 0 saturated carbocycles. The van der Waals surface area contributed by atoms with Crippen LogP contribution in [0, 0.1) is 0 Å². The summed E-state index contributed by atoms with van der Waals surface area (Å²) in [6.07, 6.45) is 0.114. The second kappa shape index (κ2) is 17.0. The summed E-state index contributed by atoms with van der Waals surface area (Å²) < 4.78 is 11.3. The van der Waals surface area contributed by atoms with Crippen LogP contribution in [0.1, 0.15) is 36.5 Å². The number of hydrogen-bond acceptors (Lipinski definition) is 9. The van der Waals surface area contributed by atoms with E-state index in [1.165, 1.54) is 12.1 Å². The zero-order chi connectivity index (χ0) is 36.5. The van der Waals surface area contributed by atoms with Crippen molar-refractivity contribution in [2.45, 2.75) is 38.0 Å². The fraction of sp³-hybridized carbons (Fsp3) is 0.275. The predicted molar refractivity (Wildman–Crippen MR) is 201 cm³/mol. The highest BCUT2D eigenvalue weighted by molar-refractivity contribution is 5.92. The highest BCUT2D eigenvalue weighted by atomic mass is 16.6. The molecule has 1 aliphatic heterocycles. The molecule has 5 aromatic rings. The highest BCUT2D eigenvalue weighted by Crippen LogP contribution is 2.30. The van der Waals surface area contributed by atoms with E-state index in [1.807, 2.05) is 66.7 Å². The van der Waals surface area contributed by atoms with Gasteiger partial charge in [-0.2, -0.15) is 0 Å². The number of aliphatic hydroxyl groups is 1. The number of phenols is 1. The van der Waals surface area contributed by atoms with Crippen LogP contribution in [0.2, 0.25) is 0 Å². The Morgan fingerprint density at radius 2 is 1.71 bits per heavy atom. The number of pyridine rings is 1. The number of amides is 2. The number of aliphatic hydroxyl groups excluding tert-OH is 1. The molecule has 6 rings (SSSR count). The monoisotopic (exact) mass is 705 g/mol. The number of para-hydroxylation sites is 1. The van der Waals surface area contributed by atoms with E-state index in [4.69, 9.17) is 9.47 Å². The summed E-state index contributed by atoms with van der Waals surface area (Å²) >= 11 is 0. The van der Waals surface area contributed by atoms with Crippen molar-refractivity contribution < 1.29 is 29.3 Å². The fourth-order valence-corrected chi connectivity index (χ4v) is 6.46. The van der Waals surface area contributed by atoms with Gasteiger partial charge in [-0.25, -0.2) is 4.79 Å². The smallest absolute Gasteiger partial charge is 0.411 e. The number of methoxy groups -OCH3 is 1. The van der Waals surface area contributed by atoms with E-state index >= 15 is 0 Å². The molecule has 6 N–H and O–H groups in total. The summed E-state index contributed by atoms with van der Waals surface area (Å²) in [5, 5.41) is 30.6. The lowest BCUT2D eigenvalue weighted by atomic mass is 10.0. The van der Waals surface area contributed by atoms with E-state index in [0.29, 0.717) is 60.4 Å². The molecule has 270 valence electrons. The molecule has 2 amide bonds. The molecule has 12 nitrogen and oxygen atoms in total. The number of ether oxygens (including phenoxy) is 2. The zero-order valence-corrected chi connectivity index (χ0v) is 28.9. The Kier molecular flexibility index (Phi) is 11.8. The van der Waals surface area contributed by atoms with E-state index in [2.05, 4.69) is 25.8 Å². The van der Waals surface area contributed by atoms with Gasteiger partial charge in [-0.15, -0.1) is 0 Å². The second-order valence-corrected chi connectivity index (χ2v) is 12.7. The number of aromatic nitrogens is 1. The van der Waals surface area contributed by atoms with Crippen LogP contribution in [0.15, 0.2) is 102 Å². The molecule has 1 saturated heterocycles. The lowest BCUT2D eigenvalue weighted by Crippen LogP contribution is -2.39. The van der Waals surface area contributed by atoms with Gasteiger partial charge in [0.25, 0.3) is 0 Å². The standard InChI is InChI=1S/C40H43N5O7/c1-51-36-23-28(12-11-27(36)24-41-25-35(47)31-13-15-34(46)39-32(31)14-16-37(48)44-39)42-38(49)19-22-45-20-17-29(18-21-45)52-40(50)43-33-10-6-5-9-30(33)26-7-3-2-4-8-26/h2-16,23,29,35,41,46-47H,17-22,24-25H2,1H3,(H,42,49)(H,43,50)(H,44,48)/t35-/m0/s1. The minimum Gasteiger partial charge on any atom is -0.506 e. The van der Waals surface area contributed by atoms with Crippen molar-refractivity contribution in [1.82, 2.24) is 15.2 Å². The number of carbonyl (C=O) groups excluding carboxylic acids is 2. The number of nitrogens with zero attached hydrogens (tertiary/aromatic N) is 1. The molecular weight excluding hydrogens is 662 g/mol. The van der Waals surface area contributed by atoms with Gasteiger partial charge in [-0.05, 0) is 48.2 Å². The van der Waals surface area contributed by atoms with Crippen LogP contribution < -0.4 is 26.2 Å². The summed E-state index contributed by atoms with van der Waals surface area (Å²) in [6.45, 7) is 2.63. The second-order valence-electron chi connectivity index (χ2n) is 12.7. The van der Waals surface area contributed by atoms with Gasteiger partial charge < -0.3 is 40.2 Å². The topological polar surface area (TPSA) is 165 Å². The van der Waals surface area contributed by atoms with E-state index < -0.39 is 12.2 Å². The first-order valence-corrected chi connectivity index (χ1v) is 17.3. The molecule has 1 fully saturated rings. The van der Waals surface area contributed by atoms with Gasteiger partial charge in [0.05, 0.1) is 24.4 Å². The number of carbonyl (C=O) groups is 2. The molecular formula is C40H43N5O7. The average Bonchev–Trinajstić information content (AvgIpc) is 3.16. The Morgan fingerprint density at radius 1 is 0.942 bits per heavy atom. The molecule has 1 aromatic heterocycles. The Morgan fingerprint density at radius 3 is 2.50 bits per heavy atom. The molecule has 1 atom stereocenters. The molecule has 0 bridgehead atoms. The fourth-order valence-electron chi connectivity index (χ4n) is 6.46. The van der Waals surface area contributed by atoms with Gasteiger partial charge in [0.1, 0.15) is 17.6 Å². The number of benzene rings is 4. The Hall–Kier alpha value is -5.69. The van der Waals surface area contributed by atoms with Gasteiger partial charge in [0.15, 0.2) is 0 Å². The first-order chi connectivity index (χ1) is 25.3. The summed E-state index contributed by atoms with van der Waals surface area (Å²) in [5.74, 6) is 0.402. The third-order valence-electron chi connectivity index (χ3n) is 9.20. The van der Waals surface area contributed by atoms with E-state index in [-0.39, 0.29) is 35.4 Å². The number of H-pyrrole nitrogens is 1. The van der Waals surface area contributed by atoms with Crippen LogP contribution in [-0.4, -0.2) is 71.5 Å². The maximum atomic E-state index is 12.8. The maximum absolute atomic E-state index is 12.8. The van der Waals surface area contributed by atoms with Gasteiger partial charge in [-0.3, -0.25) is 14.9 Å². The number of aromatic hydroxyl groups is 1. The third kappa shape index (κ3) is 9.15. The SMILES string of the molecule is COc1cc(NC(=O)CCN2CCC(OC(=O)Nc3ccccc3-c3ccccc3)CC2)ccc1CNC[C@H](O)c1ccc(O)c2[nH]c(=O)ccc12. The highest BCUT2D eigenvalue weighted by Gasteiger charge is 2.23. The Labute approximate surface area is 301 Å². The van der Waals surface area contributed by atoms with Crippen molar-refractivity contribution in [3.63, 3.8) is 0 Å². The minimum atomic E-state index is -0.898. The summed E-state index contributed by atoms with van der Waals surface area (Å²) in [5.41, 5.74) is 4.60. The van der Waals surface area contributed by atoms with Crippen LogP contribution >= 0.6 is 0 Å². The average molecular weight is 706 g/mol. The van der Waals surface area contributed by atoms with Crippen molar-refractivity contribution in [1.29, 1.82) is 0 Å². The number of rotatable bonds is 13. The van der Waals surface area contributed by atoms with Crippen LogP contribution in [0.25, 0.3) is 22.0 Å². The molecule has 0 unspecified atom stereocenters.